The van der Waals surface area contributed by atoms with Crippen molar-refractivity contribution in [2.24, 2.45) is 11.1 Å². The van der Waals surface area contributed by atoms with Crippen molar-refractivity contribution in [1.82, 2.24) is 20.3 Å². The molecule has 0 aliphatic heterocycles. The zero-order valence-electron chi connectivity index (χ0n) is 16.5. The van der Waals surface area contributed by atoms with Crippen LogP contribution in [0.2, 0.25) is 0 Å². The highest BCUT2D eigenvalue weighted by atomic mass is 16.6. The molecule has 0 bridgehead atoms. The Morgan fingerprint density at radius 3 is 2.86 bits per heavy atom. The van der Waals surface area contributed by atoms with E-state index in [1.54, 1.807) is 6.20 Å². The van der Waals surface area contributed by atoms with Crippen molar-refractivity contribution in [2.75, 3.05) is 18.5 Å². The highest BCUT2D eigenvalue weighted by Gasteiger charge is 2.31. The number of carbonyl (C=O) groups excluding carboxylic acids is 1. The van der Waals surface area contributed by atoms with Gasteiger partial charge in [-0.25, -0.2) is 9.78 Å². The van der Waals surface area contributed by atoms with Crippen molar-refractivity contribution in [1.29, 1.82) is 0 Å². The van der Waals surface area contributed by atoms with Gasteiger partial charge in [0.1, 0.15) is 6.61 Å². The van der Waals surface area contributed by atoms with Crippen LogP contribution in [-0.4, -0.2) is 39.8 Å². The van der Waals surface area contributed by atoms with Gasteiger partial charge in [0.05, 0.1) is 16.7 Å². The van der Waals surface area contributed by atoms with Gasteiger partial charge in [-0.3, -0.25) is 10.3 Å². The molecule has 1 aliphatic rings. The van der Waals surface area contributed by atoms with Gasteiger partial charge in [-0.2, -0.15) is 0 Å². The number of fused-ring (bicyclic) bond motifs is 1. The molecule has 2 amide bonds. The van der Waals surface area contributed by atoms with Crippen molar-refractivity contribution >= 4 is 28.7 Å². The Bertz CT molecular complexity index is 1040. The van der Waals surface area contributed by atoms with Crippen LogP contribution >= 0.6 is 0 Å². The first-order valence-electron chi connectivity index (χ1n) is 9.88. The average molecular weight is 392 g/mol. The fourth-order valence-electron chi connectivity index (χ4n) is 3.22. The lowest BCUT2D eigenvalue weighted by molar-refractivity contribution is 0.158. The second-order valence-corrected chi connectivity index (χ2v) is 6.90. The SMILES string of the molecule is CCNC(=O)Nc1nc2c(C(=NOCC)C3CC3)cc(-c3cccnc3)cc2[nH]1. The summed E-state index contributed by atoms with van der Waals surface area (Å²) >= 11 is 0. The van der Waals surface area contributed by atoms with Gasteiger partial charge in [0.15, 0.2) is 0 Å². The maximum absolute atomic E-state index is 11.9. The number of urea groups is 1. The number of rotatable bonds is 7. The first-order chi connectivity index (χ1) is 14.2. The minimum atomic E-state index is -0.300. The quantitative estimate of drug-likeness (QED) is 0.419. The second kappa shape index (κ2) is 8.30. The lowest BCUT2D eigenvalue weighted by Gasteiger charge is -2.09. The molecule has 2 aromatic heterocycles. The van der Waals surface area contributed by atoms with Crippen LogP contribution in [0.25, 0.3) is 22.2 Å². The number of anilines is 1. The number of oxime groups is 1. The molecule has 1 aromatic carbocycles. The number of nitrogens with zero attached hydrogens (tertiary/aromatic N) is 3. The number of pyridine rings is 1. The molecule has 3 aromatic rings. The molecule has 8 nitrogen and oxygen atoms in total. The van der Waals surface area contributed by atoms with Crippen LogP contribution < -0.4 is 10.6 Å². The molecular formula is C21H24N6O2. The van der Waals surface area contributed by atoms with E-state index in [1.165, 1.54) is 0 Å². The summed E-state index contributed by atoms with van der Waals surface area (Å²) in [7, 11) is 0. The molecule has 1 aliphatic carbocycles. The number of benzene rings is 1. The molecule has 0 radical (unpaired) electrons. The summed E-state index contributed by atoms with van der Waals surface area (Å²) in [5, 5.41) is 9.86. The summed E-state index contributed by atoms with van der Waals surface area (Å²) in [4.78, 5) is 29.4. The van der Waals surface area contributed by atoms with Gasteiger partial charge >= 0.3 is 6.03 Å². The molecule has 3 N–H and O–H groups in total. The predicted molar refractivity (Wildman–Crippen MR) is 113 cm³/mol. The van der Waals surface area contributed by atoms with Crippen LogP contribution in [0.5, 0.6) is 0 Å². The topological polar surface area (TPSA) is 104 Å². The zero-order valence-corrected chi connectivity index (χ0v) is 16.5. The number of H-pyrrole nitrogens is 1. The summed E-state index contributed by atoms with van der Waals surface area (Å²) in [5.41, 5.74) is 5.39. The molecule has 4 rings (SSSR count). The Morgan fingerprint density at radius 2 is 2.17 bits per heavy atom. The molecule has 0 atom stereocenters. The minimum Gasteiger partial charge on any atom is -0.396 e. The molecule has 1 saturated carbocycles. The summed E-state index contributed by atoms with van der Waals surface area (Å²) in [5.74, 6) is 0.757. The van der Waals surface area contributed by atoms with E-state index < -0.39 is 0 Å². The molecule has 0 spiro atoms. The molecular weight excluding hydrogens is 368 g/mol. The number of imidazole rings is 1. The largest absolute Gasteiger partial charge is 0.396 e. The Morgan fingerprint density at radius 1 is 1.31 bits per heavy atom. The van der Waals surface area contributed by atoms with Gasteiger partial charge < -0.3 is 15.1 Å². The fraction of sp³-hybridized carbons (Fsp3) is 0.333. The van der Waals surface area contributed by atoms with E-state index in [1.807, 2.05) is 38.2 Å². The molecule has 1 fully saturated rings. The molecule has 0 unspecified atom stereocenters. The number of hydrogen-bond acceptors (Lipinski definition) is 5. The van der Waals surface area contributed by atoms with E-state index in [0.717, 1.165) is 46.3 Å². The van der Waals surface area contributed by atoms with E-state index in [9.17, 15) is 4.79 Å². The Kier molecular flexibility index (Phi) is 5.41. The first kappa shape index (κ1) is 18.9. The van der Waals surface area contributed by atoms with Gasteiger partial charge in [0, 0.05) is 36.0 Å². The zero-order chi connectivity index (χ0) is 20.2. The van der Waals surface area contributed by atoms with Gasteiger partial charge in [0.2, 0.25) is 5.95 Å². The number of aromatic nitrogens is 3. The molecule has 2 heterocycles. The van der Waals surface area contributed by atoms with Crippen LogP contribution in [0.15, 0.2) is 41.8 Å². The summed E-state index contributed by atoms with van der Waals surface area (Å²) in [6.07, 6.45) is 5.74. The van der Waals surface area contributed by atoms with E-state index in [2.05, 4.69) is 36.8 Å². The maximum Gasteiger partial charge on any atom is 0.321 e. The minimum absolute atomic E-state index is 0.300. The molecule has 8 heteroatoms. The lowest BCUT2D eigenvalue weighted by Crippen LogP contribution is -2.28. The number of carbonyl (C=O) groups is 1. The van der Waals surface area contributed by atoms with Gasteiger partial charge in [-0.15, -0.1) is 0 Å². The molecule has 150 valence electrons. The van der Waals surface area contributed by atoms with E-state index >= 15 is 0 Å². The summed E-state index contributed by atoms with van der Waals surface area (Å²) < 4.78 is 0. The summed E-state index contributed by atoms with van der Waals surface area (Å²) in [6.45, 7) is 4.82. The first-order valence-corrected chi connectivity index (χ1v) is 9.88. The van der Waals surface area contributed by atoms with Gasteiger partial charge in [0.25, 0.3) is 0 Å². The normalized spacial score (nSPS) is 14.1. The van der Waals surface area contributed by atoms with E-state index in [0.29, 0.717) is 25.0 Å². The number of aromatic amines is 1. The van der Waals surface area contributed by atoms with Crippen molar-refractivity contribution < 1.29 is 9.63 Å². The van der Waals surface area contributed by atoms with Crippen molar-refractivity contribution in [3.63, 3.8) is 0 Å². The number of nitrogens with one attached hydrogen (secondary N) is 3. The van der Waals surface area contributed by atoms with Crippen LogP contribution in [0.1, 0.15) is 32.3 Å². The van der Waals surface area contributed by atoms with Crippen molar-refractivity contribution in [3.05, 3.63) is 42.2 Å². The van der Waals surface area contributed by atoms with E-state index in [-0.39, 0.29) is 6.03 Å². The maximum atomic E-state index is 11.9. The molecule has 29 heavy (non-hydrogen) atoms. The highest BCUT2D eigenvalue weighted by molar-refractivity contribution is 6.12. The van der Waals surface area contributed by atoms with Crippen LogP contribution in [0.3, 0.4) is 0 Å². The van der Waals surface area contributed by atoms with E-state index in [4.69, 9.17) is 4.84 Å². The Balaban J connectivity index is 1.83. The van der Waals surface area contributed by atoms with Crippen LogP contribution in [-0.2, 0) is 4.84 Å². The molecule has 0 saturated heterocycles. The second-order valence-electron chi connectivity index (χ2n) is 6.90. The number of hydrogen-bond donors (Lipinski definition) is 3. The predicted octanol–water partition coefficient (Wildman–Crippen LogP) is 3.92. The Hall–Kier alpha value is -3.42. The third-order valence-corrected chi connectivity index (χ3v) is 4.68. The lowest BCUT2D eigenvalue weighted by atomic mass is 9.98. The third kappa shape index (κ3) is 4.21. The third-order valence-electron chi connectivity index (χ3n) is 4.68. The highest BCUT2D eigenvalue weighted by Crippen LogP contribution is 2.37. The average Bonchev–Trinajstić information content (AvgIpc) is 3.48. The monoisotopic (exact) mass is 392 g/mol. The van der Waals surface area contributed by atoms with Crippen LogP contribution in [0.4, 0.5) is 10.7 Å². The van der Waals surface area contributed by atoms with Crippen molar-refractivity contribution in [3.8, 4) is 11.1 Å². The smallest absolute Gasteiger partial charge is 0.321 e. The van der Waals surface area contributed by atoms with Crippen molar-refractivity contribution in [2.45, 2.75) is 26.7 Å². The fourth-order valence-corrected chi connectivity index (χ4v) is 3.22. The summed E-state index contributed by atoms with van der Waals surface area (Å²) in [6, 6.07) is 7.71. The standard InChI is InChI=1S/C21H24N6O2/c1-3-23-21(28)26-20-24-17-11-15(14-6-5-9-22-12-14)10-16(19(17)25-20)18(13-7-8-13)27-29-4-2/h5-6,9-13H,3-4,7-8H2,1-2H3,(H3,23,24,25,26,28). The van der Waals surface area contributed by atoms with Gasteiger partial charge in [-0.1, -0.05) is 11.2 Å². The van der Waals surface area contributed by atoms with Gasteiger partial charge in [-0.05, 0) is 50.5 Å². The Labute approximate surface area is 168 Å². The van der Waals surface area contributed by atoms with Crippen LogP contribution in [0, 0.1) is 5.92 Å². The number of amides is 2.